The van der Waals surface area contributed by atoms with Crippen LogP contribution in [0.3, 0.4) is 0 Å². The van der Waals surface area contributed by atoms with Gasteiger partial charge in [0.05, 0.1) is 21.4 Å². The molecule has 146 valence electrons. The number of halogens is 1. The molecule has 0 aromatic heterocycles. The van der Waals surface area contributed by atoms with Crippen molar-refractivity contribution in [3.05, 3.63) is 53.6 Å². The molecule has 27 heavy (non-hydrogen) atoms. The van der Waals surface area contributed by atoms with Gasteiger partial charge in [-0.15, -0.1) is 0 Å². The summed E-state index contributed by atoms with van der Waals surface area (Å²) in [6.07, 6.45) is 0. The predicted octanol–water partition coefficient (Wildman–Crippen LogP) is 1.55. The van der Waals surface area contributed by atoms with Gasteiger partial charge in [0.1, 0.15) is 0 Å². The molecule has 0 fully saturated rings. The van der Waals surface area contributed by atoms with Crippen LogP contribution in [0, 0.1) is 0 Å². The first-order valence-electron chi connectivity index (χ1n) is 7.49. The number of benzene rings is 2. The molecule has 2 aromatic carbocycles. The molecule has 0 saturated carbocycles. The Morgan fingerprint density at radius 2 is 1.63 bits per heavy atom. The molecule has 9 nitrogen and oxygen atoms in total. The van der Waals surface area contributed by atoms with Crippen LogP contribution in [0.1, 0.15) is 0 Å². The van der Waals surface area contributed by atoms with E-state index in [2.05, 4.69) is 15.4 Å². The predicted molar refractivity (Wildman–Crippen MR) is 104 cm³/mol. The number of hydrogen-bond acceptors (Lipinski definition) is 5. The Kier molecular flexibility index (Phi) is 6.65. The molecule has 0 radical (unpaired) electrons. The number of carbonyl (C=O) groups is 1. The number of sulfonamides is 2. The van der Waals surface area contributed by atoms with E-state index in [1.165, 1.54) is 24.3 Å². The van der Waals surface area contributed by atoms with E-state index in [9.17, 15) is 21.6 Å². The average Bonchev–Trinajstić information content (AvgIpc) is 2.56. The van der Waals surface area contributed by atoms with E-state index >= 15 is 0 Å². The summed E-state index contributed by atoms with van der Waals surface area (Å²) >= 11 is 5.91. The lowest BCUT2D eigenvalue weighted by atomic mass is 10.3. The van der Waals surface area contributed by atoms with E-state index in [1.54, 1.807) is 24.3 Å². The van der Waals surface area contributed by atoms with Gasteiger partial charge < -0.3 is 10.6 Å². The van der Waals surface area contributed by atoms with Crippen molar-refractivity contribution >= 4 is 49.1 Å². The molecule has 0 bridgehead atoms. The van der Waals surface area contributed by atoms with E-state index in [1.807, 2.05) is 0 Å². The second kappa shape index (κ2) is 8.57. The van der Waals surface area contributed by atoms with Crippen molar-refractivity contribution in [1.82, 2.24) is 5.32 Å². The Labute approximate surface area is 162 Å². The molecule has 0 heterocycles. The molecule has 0 atom stereocenters. The molecule has 0 aliphatic heterocycles. The molecule has 0 spiro atoms. The standard InChI is InChI=1S/C15H17ClN4O5S2/c16-13-3-1-2-4-14(13)19-15(21)18-9-10-26(22,23)20-11-5-7-12(8-6-11)27(17,24)25/h1-8,20H,9-10H2,(H2,17,24,25)(H2,18,19,21). The Bertz CT molecular complexity index is 1020. The van der Waals surface area contributed by atoms with Gasteiger partial charge in [-0.1, -0.05) is 23.7 Å². The van der Waals surface area contributed by atoms with Gasteiger partial charge in [-0.05, 0) is 36.4 Å². The first-order valence-corrected chi connectivity index (χ1v) is 11.1. The van der Waals surface area contributed by atoms with E-state index in [-0.39, 0.29) is 22.9 Å². The zero-order chi connectivity index (χ0) is 20.1. The highest BCUT2D eigenvalue weighted by molar-refractivity contribution is 7.92. The maximum atomic E-state index is 12.0. The third kappa shape index (κ3) is 6.71. The SMILES string of the molecule is NS(=O)(=O)c1ccc(NS(=O)(=O)CCNC(=O)Nc2ccccc2Cl)cc1. The van der Waals surface area contributed by atoms with Crippen LogP contribution in [-0.2, 0) is 20.0 Å². The number of para-hydroxylation sites is 1. The fourth-order valence-corrected chi connectivity index (χ4v) is 3.64. The minimum atomic E-state index is -3.86. The Hall–Kier alpha value is -2.34. The van der Waals surface area contributed by atoms with Crippen LogP contribution in [0.2, 0.25) is 5.02 Å². The highest BCUT2D eigenvalue weighted by Crippen LogP contribution is 2.20. The molecule has 0 aliphatic rings. The summed E-state index contributed by atoms with van der Waals surface area (Å²) in [4.78, 5) is 11.6. The maximum absolute atomic E-state index is 12.0. The quantitative estimate of drug-likeness (QED) is 0.524. The van der Waals surface area contributed by atoms with Crippen LogP contribution < -0.4 is 20.5 Å². The smallest absolute Gasteiger partial charge is 0.319 e. The van der Waals surface area contributed by atoms with E-state index in [0.29, 0.717) is 10.7 Å². The van der Waals surface area contributed by atoms with Crippen LogP contribution in [0.4, 0.5) is 16.2 Å². The molecule has 0 unspecified atom stereocenters. The van der Waals surface area contributed by atoms with Gasteiger partial charge in [-0.2, -0.15) is 0 Å². The Morgan fingerprint density at radius 3 is 2.22 bits per heavy atom. The van der Waals surface area contributed by atoms with E-state index < -0.39 is 26.1 Å². The van der Waals surface area contributed by atoms with Gasteiger partial charge in [0.25, 0.3) is 0 Å². The average molecular weight is 433 g/mol. The summed E-state index contributed by atoms with van der Waals surface area (Å²) in [5.74, 6) is -0.389. The molecular formula is C15H17ClN4O5S2. The third-order valence-electron chi connectivity index (χ3n) is 3.23. The van der Waals surface area contributed by atoms with Crippen molar-refractivity contribution in [3.8, 4) is 0 Å². The van der Waals surface area contributed by atoms with Gasteiger partial charge in [0.2, 0.25) is 20.0 Å². The van der Waals surface area contributed by atoms with Gasteiger partial charge in [0.15, 0.2) is 0 Å². The summed E-state index contributed by atoms with van der Waals surface area (Å²) in [5, 5.41) is 10.2. The number of hydrogen-bond donors (Lipinski definition) is 4. The molecule has 2 aromatic rings. The van der Waals surface area contributed by atoms with Gasteiger partial charge in [0, 0.05) is 12.2 Å². The molecular weight excluding hydrogens is 416 g/mol. The van der Waals surface area contributed by atoms with E-state index in [4.69, 9.17) is 16.7 Å². The van der Waals surface area contributed by atoms with E-state index in [0.717, 1.165) is 0 Å². The summed E-state index contributed by atoms with van der Waals surface area (Å²) < 4.78 is 48.7. The lowest BCUT2D eigenvalue weighted by Gasteiger charge is -2.11. The molecule has 2 amide bonds. The third-order valence-corrected chi connectivity index (χ3v) is 5.78. The van der Waals surface area contributed by atoms with Crippen molar-refractivity contribution in [2.45, 2.75) is 4.90 Å². The first-order chi connectivity index (χ1) is 12.6. The van der Waals surface area contributed by atoms with Crippen LogP contribution in [0.5, 0.6) is 0 Å². The second-order valence-corrected chi connectivity index (χ2v) is 9.16. The number of primary sulfonamides is 1. The number of nitrogens with two attached hydrogens (primary N) is 1. The maximum Gasteiger partial charge on any atom is 0.319 e. The number of urea groups is 1. The normalized spacial score (nSPS) is 11.6. The molecule has 2 rings (SSSR count). The monoisotopic (exact) mass is 432 g/mol. The Morgan fingerprint density at radius 1 is 1.00 bits per heavy atom. The number of amides is 2. The van der Waals surface area contributed by atoms with Crippen LogP contribution in [0.25, 0.3) is 0 Å². The van der Waals surface area contributed by atoms with Crippen molar-refractivity contribution in [2.75, 3.05) is 22.3 Å². The highest BCUT2D eigenvalue weighted by atomic mass is 35.5. The van der Waals surface area contributed by atoms with Crippen molar-refractivity contribution in [3.63, 3.8) is 0 Å². The number of carbonyl (C=O) groups excluding carboxylic acids is 1. The molecule has 0 saturated heterocycles. The zero-order valence-electron chi connectivity index (χ0n) is 13.8. The minimum absolute atomic E-state index is 0.136. The summed E-state index contributed by atoms with van der Waals surface area (Å²) in [7, 11) is -7.62. The lowest BCUT2D eigenvalue weighted by molar-refractivity contribution is 0.252. The fourth-order valence-electron chi connectivity index (χ4n) is 1.97. The van der Waals surface area contributed by atoms with Crippen molar-refractivity contribution in [2.24, 2.45) is 5.14 Å². The van der Waals surface area contributed by atoms with Gasteiger partial charge >= 0.3 is 6.03 Å². The lowest BCUT2D eigenvalue weighted by Crippen LogP contribution is -2.34. The number of rotatable bonds is 7. The Balaban J connectivity index is 1.86. The zero-order valence-corrected chi connectivity index (χ0v) is 16.2. The molecule has 5 N–H and O–H groups in total. The largest absolute Gasteiger partial charge is 0.337 e. The van der Waals surface area contributed by atoms with Gasteiger partial charge in [-0.3, -0.25) is 4.72 Å². The minimum Gasteiger partial charge on any atom is -0.337 e. The van der Waals surface area contributed by atoms with Crippen molar-refractivity contribution < 1.29 is 21.6 Å². The summed E-state index contributed by atoms with van der Waals surface area (Å²) in [6.45, 7) is -0.152. The highest BCUT2D eigenvalue weighted by Gasteiger charge is 2.13. The van der Waals surface area contributed by atoms with Crippen LogP contribution >= 0.6 is 11.6 Å². The topological polar surface area (TPSA) is 147 Å². The first kappa shape index (κ1) is 21.0. The molecule has 0 aliphatic carbocycles. The number of anilines is 2. The fraction of sp³-hybridized carbons (Fsp3) is 0.133. The van der Waals surface area contributed by atoms with Crippen LogP contribution in [0.15, 0.2) is 53.4 Å². The molecule has 12 heteroatoms. The number of nitrogens with one attached hydrogen (secondary N) is 3. The van der Waals surface area contributed by atoms with Gasteiger partial charge in [-0.25, -0.2) is 26.8 Å². The summed E-state index contributed by atoms with van der Waals surface area (Å²) in [6, 6.07) is 10.9. The summed E-state index contributed by atoms with van der Waals surface area (Å²) in [5.41, 5.74) is 0.565. The second-order valence-electron chi connectivity index (χ2n) is 5.35. The van der Waals surface area contributed by atoms with Crippen molar-refractivity contribution in [1.29, 1.82) is 0 Å². The van der Waals surface area contributed by atoms with Crippen LogP contribution in [-0.4, -0.2) is 35.2 Å².